The summed E-state index contributed by atoms with van der Waals surface area (Å²) in [5.74, 6) is 0. The van der Waals surface area contributed by atoms with Gasteiger partial charge in [0.2, 0.25) is 0 Å². The number of hydrogen-bond donors (Lipinski definition) is 0. The first kappa shape index (κ1) is 34.9. The maximum atomic E-state index is 17.0. The minimum atomic E-state index is -4.24. The van der Waals surface area contributed by atoms with Gasteiger partial charge in [-0.05, 0) is 131 Å². The summed E-state index contributed by atoms with van der Waals surface area (Å²) < 4.78 is 74.4. The monoisotopic (exact) mass is 922 g/mol. The van der Waals surface area contributed by atoms with E-state index in [2.05, 4.69) is 31.9 Å². The zero-order valence-electron chi connectivity index (χ0n) is 28.9. The number of thiophene rings is 4. The predicted molar refractivity (Wildman–Crippen MR) is 227 cm³/mol. The normalized spacial score (nSPS) is 18.0. The molecule has 6 aromatic heterocycles. The maximum Gasteiger partial charge on any atom is 0.737 e. The highest BCUT2D eigenvalue weighted by Crippen LogP contribution is 2.46. The molecule has 4 aliphatic rings. The van der Waals surface area contributed by atoms with Gasteiger partial charge >= 0.3 is 13.9 Å². The van der Waals surface area contributed by atoms with Crippen LogP contribution in [0.5, 0.6) is 0 Å². The molecule has 0 saturated heterocycles. The van der Waals surface area contributed by atoms with E-state index in [9.17, 15) is 0 Å². The fourth-order valence-corrected chi connectivity index (χ4v) is 13.7. The van der Waals surface area contributed by atoms with E-state index in [0.29, 0.717) is 45.6 Å². The minimum absolute atomic E-state index is 0.466. The van der Waals surface area contributed by atoms with Crippen molar-refractivity contribution in [1.29, 1.82) is 0 Å². The third-order valence-electron chi connectivity index (χ3n) is 10.4. The fourth-order valence-electron chi connectivity index (χ4n) is 8.36. The van der Waals surface area contributed by atoms with Crippen LogP contribution in [0.4, 0.5) is 17.3 Å². The average Bonchev–Trinajstić information content (AvgIpc) is 3.93. The summed E-state index contributed by atoms with van der Waals surface area (Å²) in [6.45, 7) is -0.980. The Morgan fingerprint density at radius 3 is 1.33 bits per heavy atom. The van der Waals surface area contributed by atoms with Crippen LogP contribution >= 0.6 is 77.2 Å². The van der Waals surface area contributed by atoms with Gasteiger partial charge in [0.05, 0.1) is 17.3 Å². The molecule has 0 fully saturated rings. The highest BCUT2D eigenvalue weighted by Gasteiger charge is 2.55. The van der Waals surface area contributed by atoms with Crippen LogP contribution in [0.25, 0.3) is 43.0 Å². The van der Waals surface area contributed by atoms with Crippen molar-refractivity contribution in [2.75, 3.05) is 0 Å². The number of halogens is 6. The fraction of sp³-hybridized carbons (Fsp3) is 0.105. The van der Waals surface area contributed by atoms with Gasteiger partial charge in [0.15, 0.2) is 22.8 Å². The summed E-state index contributed by atoms with van der Waals surface area (Å²) in [5.41, 5.74) is 7.02. The number of aromatic nitrogens is 2. The molecule has 0 amide bonds. The van der Waals surface area contributed by atoms with Crippen LogP contribution in [0.2, 0.25) is 0 Å². The third kappa shape index (κ3) is 4.95. The van der Waals surface area contributed by atoms with E-state index >= 15 is 17.3 Å². The van der Waals surface area contributed by atoms with Gasteiger partial charge in [0.1, 0.15) is 0 Å². The van der Waals surface area contributed by atoms with Gasteiger partial charge in [-0.3, -0.25) is 0 Å². The predicted octanol–water partition coefficient (Wildman–Crippen LogP) is 12.8. The van der Waals surface area contributed by atoms with Crippen molar-refractivity contribution in [2.45, 2.75) is 27.7 Å². The molecule has 0 atom stereocenters. The summed E-state index contributed by atoms with van der Waals surface area (Å²) in [6.07, 6.45) is 7.34. The van der Waals surface area contributed by atoms with E-state index in [1.54, 1.807) is 0 Å². The quantitative estimate of drug-likeness (QED) is 0.121. The first-order valence-electron chi connectivity index (χ1n) is 17.1. The number of hydrogen-bond acceptors (Lipinski definition) is 4. The van der Waals surface area contributed by atoms with Crippen LogP contribution in [0.15, 0.2) is 103 Å². The summed E-state index contributed by atoms with van der Waals surface area (Å²) in [6, 6.07) is 18.9. The minimum Gasteiger partial charge on any atom is -0.389 e. The van der Waals surface area contributed by atoms with Crippen LogP contribution in [-0.4, -0.2) is 43.3 Å². The Hall–Kier alpha value is -3.53. The molecule has 16 heteroatoms. The van der Waals surface area contributed by atoms with Crippen LogP contribution in [0.3, 0.4) is 0 Å². The highest BCUT2D eigenvalue weighted by atomic mass is 79.9. The second-order valence-corrected chi connectivity index (χ2v) is 21.0. The molecule has 0 aliphatic carbocycles. The summed E-state index contributed by atoms with van der Waals surface area (Å²) in [7, 11) is 0. The van der Waals surface area contributed by atoms with E-state index in [1.807, 2.05) is 113 Å². The Kier molecular flexibility index (Phi) is 7.75. The van der Waals surface area contributed by atoms with Crippen molar-refractivity contribution >= 4 is 115 Å². The van der Waals surface area contributed by atoms with Crippen LogP contribution in [0.1, 0.15) is 46.1 Å². The molecule has 10 heterocycles. The van der Waals surface area contributed by atoms with E-state index < -0.39 is 13.9 Å². The molecule has 0 spiro atoms. The van der Waals surface area contributed by atoms with Crippen LogP contribution in [0, 0.1) is 13.8 Å². The van der Waals surface area contributed by atoms with Gasteiger partial charge in [-0.1, -0.05) is 0 Å². The van der Waals surface area contributed by atoms with Gasteiger partial charge in [-0.25, -0.2) is 0 Å². The molecule has 270 valence electrons. The molecule has 0 N–H and O–H groups in total. The van der Waals surface area contributed by atoms with Crippen LogP contribution < -0.4 is 0 Å². The van der Waals surface area contributed by atoms with Crippen LogP contribution in [-0.2, 0) is 0 Å². The SMILES string of the molecule is CC1=CC2=Cc3cc(C)c(-c4ccc(Br)s4)n3[B-](F)(F)[N+]2=C1c1ccc(-c2ccc(-c3c(C)cc4n3[B-](F)(F)[N+]3=C(c5ccc(Br)s5)C(C)=CC3=C4)s2)s1. The summed E-state index contributed by atoms with van der Waals surface area (Å²) in [4.78, 5) is 4.75. The van der Waals surface area contributed by atoms with E-state index in [-0.39, 0.29) is 0 Å². The summed E-state index contributed by atoms with van der Waals surface area (Å²) in [5, 5.41) is 0. The first-order chi connectivity index (χ1) is 25.7. The number of fused-ring (bicyclic) bond motifs is 4. The molecule has 0 aromatic carbocycles. The van der Waals surface area contributed by atoms with Crippen molar-refractivity contribution in [1.82, 2.24) is 8.96 Å². The smallest absolute Gasteiger partial charge is 0.389 e. The number of nitrogens with zero attached hydrogens (tertiary/aromatic N) is 4. The van der Waals surface area contributed by atoms with Crippen molar-refractivity contribution in [3.05, 3.63) is 135 Å². The largest absolute Gasteiger partial charge is 0.737 e. The van der Waals surface area contributed by atoms with Gasteiger partial charge in [-0.2, -0.15) is 0 Å². The molecule has 10 rings (SSSR count). The molecule has 6 aromatic rings. The van der Waals surface area contributed by atoms with E-state index in [1.165, 1.54) is 63.3 Å². The molecular weight excluding hydrogens is 898 g/mol. The first-order valence-corrected chi connectivity index (χ1v) is 21.9. The second-order valence-electron chi connectivity index (χ2n) is 13.9. The molecule has 0 radical (unpaired) electrons. The Morgan fingerprint density at radius 2 is 0.870 bits per heavy atom. The van der Waals surface area contributed by atoms with Gasteiger partial charge < -0.3 is 35.2 Å². The molecule has 0 saturated carbocycles. The average molecular weight is 924 g/mol. The lowest BCUT2D eigenvalue weighted by molar-refractivity contribution is -0.360. The van der Waals surface area contributed by atoms with E-state index in [0.717, 1.165) is 59.1 Å². The lowest BCUT2D eigenvalue weighted by Gasteiger charge is -2.30. The lowest BCUT2D eigenvalue weighted by Crippen LogP contribution is -2.50. The Bertz CT molecular complexity index is 2870. The van der Waals surface area contributed by atoms with Gasteiger partial charge in [0.25, 0.3) is 0 Å². The van der Waals surface area contributed by atoms with Gasteiger partial charge in [0, 0.05) is 77.7 Å². The molecular formula is C38H26B2Br2F4N4S4. The molecule has 54 heavy (non-hydrogen) atoms. The molecule has 4 aliphatic heterocycles. The van der Waals surface area contributed by atoms with Crippen molar-refractivity contribution in [2.24, 2.45) is 0 Å². The van der Waals surface area contributed by atoms with E-state index in [4.69, 9.17) is 0 Å². The lowest BCUT2D eigenvalue weighted by atomic mass is 9.90. The molecule has 4 nitrogen and oxygen atoms in total. The molecule has 0 unspecified atom stereocenters. The number of aryl methyl sites for hydroxylation is 2. The number of allylic oxidation sites excluding steroid dienone is 4. The molecule has 0 bridgehead atoms. The Balaban J connectivity index is 1.04. The standard InChI is InChI=1S/C38H26B2Br2F4N4S4/c1-19-13-23-17-25-15-21(3)37(31-9-11-33(41)53-31)49(25)39(43,44)47(23)35(19)29-7-5-27(51-29)28-6-8-30(52-28)36-20(2)14-24-18-26-16-22(4)38(32-10-12-34(42)54-32)50(26)40(45,46)48(24)36/h5-18H,1-4H3. The second kappa shape index (κ2) is 12.0. The highest BCUT2D eigenvalue weighted by molar-refractivity contribution is 9.11. The van der Waals surface area contributed by atoms with Crippen molar-refractivity contribution < 1.29 is 26.2 Å². The van der Waals surface area contributed by atoms with Crippen molar-refractivity contribution in [3.8, 4) is 30.9 Å². The number of rotatable bonds is 5. The maximum absolute atomic E-state index is 17.0. The Morgan fingerprint density at radius 1 is 0.500 bits per heavy atom. The topological polar surface area (TPSA) is 15.9 Å². The zero-order valence-corrected chi connectivity index (χ0v) is 35.4. The third-order valence-corrected chi connectivity index (χ3v) is 16.0. The Labute approximate surface area is 341 Å². The summed E-state index contributed by atoms with van der Waals surface area (Å²) >= 11 is 12.7. The zero-order chi connectivity index (χ0) is 37.6. The van der Waals surface area contributed by atoms with Gasteiger partial charge in [-0.15, -0.1) is 45.3 Å². The van der Waals surface area contributed by atoms with Crippen molar-refractivity contribution in [3.63, 3.8) is 0 Å².